The molecular formula is C20H41NO5. The lowest BCUT2D eigenvalue weighted by molar-refractivity contribution is -0.132. The lowest BCUT2D eigenvalue weighted by Crippen LogP contribution is -2.53. The van der Waals surface area contributed by atoms with E-state index in [1.54, 1.807) is 0 Å². The fourth-order valence-electron chi connectivity index (χ4n) is 2.97. The van der Waals surface area contributed by atoms with Crippen LogP contribution in [0.2, 0.25) is 0 Å². The molecule has 4 unspecified atom stereocenters. The van der Waals surface area contributed by atoms with Crippen molar-refractivity contribution in [2.24, 2.45) is 0 Å². The predicted molar refractivity (Wildman–Crippen MR) is 104 cm³/mol. The normalized spacial score (nSPS) is 16.1. The van der Waals surface area contributed by atoms with E-state index in [2.05, 4.69) is 12.2 Å². The van der Waals surface area contributed by atoms with E-state index >= 15 is 0 Å². The Labute approximate surface area is 159 Å². The van der Waals surface area contributed by atoms with Gasteiger partial charge in [0.2, 0.25) is 5.91 Å². The van der Waals surface area contributed by atoms with Gasteiger partial charge in [0.05, 0.1) is 18.8 Å². The minimum atomic E-state index is -1.24. The van der Waals surface area contributed by atoms with E-state index in [1.807, 2.05) is 6.92 Å². The van der Waals surface area contributed by atoms with Gasteiger partial charge in [-0.3, -0.25) is 4.79 Å². The average Bonchev–Trinajstić information content (AvgIpc) is 2.65. The summed E-state index contributed by atoms with van der Waals surface area (Å²) in [5.41, 5.74) is 0. The topological polar surface area (TPSA) is 110 Å². The van der Waals surface area contributed by atoms with Crippen molar-refractivity contribution < 1.29 is 25.2 Å². The van der Waals surface area contributed by atoms with E-state index < -0.39 is 36.9 Å². The quantitative estimate of drug-likeness (QED) is 0.251. The first-order valence-corrected chi connectivity index (χ1v) is 10.4. The summed E-state index contributed by atoms with van der Waals surface area (Å²) in [5, 5.41) is 41.7. The van der Waals surface area contributed by atoms with Crippen LogP contribution in [0.4, 0.5) is 0 Å². The molecule has 0 aliphatic rings. The zero-order valence-electron chi connectivity index (χ0n) is 16.7. The van der Waals surface area contributed by atoms with Crippen LogP contribution < -0.4 is 5.32 Å². The number of carbonyl (C=O) groups is 1. The maximum absolute atomic E-state index is 12.0. The molecule has 6 heteroatoms. The molecule has 156 valence electrons. The Morgan fingerprint density at radius 2 is 1.35 bits per heavy atom. The molecule has 0 aromatic heterocycles. The number of rotatable bonds is 17. The third kappa shape index (κ3) is 11.8. The first-order valence-electron chi connectivity index (χ1n) is 10.4. The van der Waals surface area contributed by atoms with Crippen LogP contribution in [-0.4, -0.2) is 57.3 Å². The molecule has 0 fully saturated rings. The van der Waals surface area contributed by atoms with Gasteiger partial charge in [-0.05, 0) is 12.8 Å². The molecule has 0 spiro atoms. The number of nitrogens with one attached hydrogen (secondary N) is 1. The van der Waals surface area contributed by atoms with Gasteiger partial charge < -0.3 is 25.7 Å². The van der Waals surface area contributed by atoms with Crippen molar-refractivity contribution in [3.63, 3.8) is 0 Å². The average molecular weight is 376 g/mol. The maximum atomic E-state index is 12.0. The van der Waals surface area contributed by atoms with Gasteiger partial charge >= 0.3 is 0 Å². The monoisotopic (exact) mass is 375 g/mol. The van der Waals surface area contributed by atoms with Crippen molar-refractivity contribution in [2.75, 3.05) is 6.61 Å². The second-order valence-corrected chi connectivity index (χ2v) is 7.28. The van der Waals surface area contributed by atoms with Gasteiger partial charge in [-0.15, -0.1) is 0 Å². The smallest absolute Gasteiger partial charge is 0.249 e. The van der Waals surface area contributed by atoms with Crippen molar-refractivity contribution in [3.8, 4) is 0 Å². The molecule has 0 aromatic carbocycles. The number of aliphatic hydroxyl groups excluding tert-OH is 4. The zero-order valence-corrected chi connectivity index (χ0v) is 16.7. The summed E-state index contributed by atoms with van der Waals surface area (Å²) in [5.74, 6) is -0.603. The number of carbonyl (C=O) groups excluding carboxylic acids is 1. The van der Waals surface area contributed by atoms with E-state index in [-0.39, 0.29) is 0 Å². The third-order valence-corrected chi connectivity index (χ3v) is 4.82. The molecule has 1 amide bonds. The van der Waals surface area contributed by atoms with Crippen LogP contribution in [0, 0.1) is 0 Å². The van der Waals surface area contributed by atoms with Crippen molar-refractivity contribution in [3.05, 3.63) is 0 Å². The van der Waals surface area contributed by atoms with E-state index in [0.29, 0.717) is 12.8 Å². The Hall–Kier alpha value is -0.690. The summed E-state index contributed by atoms with van der Waals surface area (Å²) in [6, 6.07) is -0.970. The number of unbranched alkanes of at least 4 members (excludes halogenated alkanes) is 8. The molecule has 6 nitrogen and oxygen atoms in total. The van der Waals surface area contributed by atoms with Crippen LogP contribution >= 0.6 is 0 Å². The van der Waals surface area contributed by atoms with Crippen molar-refractivity contribution >= 4 is 5.91 Å². The SMILES string of the molecule is CCCCCCCCCCC(O)C(=O)NC(CO)C(O)C(O)CCCC. The molecule has 26 heavy (non-hydrogen) atoms. The number of amides is 1. The van der Waals surface area contributed by atoms with Crippen LogP contribution in [0.1, 0.15) is 90.9 Å². The van der Waals surface area contributed by atoms with E-state index in [4.69, 9.17) is 0 Å². The minimum absolute atomic E-state index is 0.368. The molecule has 4 atom stereocenters. The van der Waals surface area contributed by atoms with Crippen LogP contribution in [-0.2, 0) is 4.79 Å². The second-order valence-electron chi connectivity index (χ2n) is 7.28. The number of aliphatic hydroxyl groups is 4. The van der Waals surface area contributed by atoms with Gasteiger partial charge in [0, 0.05) is 0 Å². The molecule has 0 saturated heterocycles. The highest BCUT2D eigenvalue weighted by atomic mass is 16.3. The molecule has 0 aromatic rings. The fourth-order valence-corrected chi connectivity index (χ4v) is 2.97. The van der Waals surface area contributed by atoms with Gasteiger partial charge in [-0.1, -0.05) is 78.1 Å². The van der Waals surface area contributed by atoms with Gasteiger partial charge in [0.1, 0.15) is 12.2 Å². The van der Waals surface area contributed by atoms with Crippen LogP contribution in [0.5, 0.6) is 0 Å². The highest BCUT2D eigenvalue weighted by Gasteiger charge is 2.28. The first kappa shape index (κ1) is 25.3. The van der Waals surface area contributed by atoms with Crippen molar-refractivity contribution in [2.45, 2.75) is 115 Å². The Bertz CT molecular complexity index is 340. The van der Waals surface area contributed by atoms with E-state index in [1.165, 1.54) is 32.1 Å². The summed E-state index contributed by atoms with van der Waals surface area (Å²) in [6.45, 7) is 3.69. The van der Waals surface area contributed by atoms with Gasteiger partial charge in [-0.2, -0.15) is 0 Å². The summed E-state index contributed by atoms with van der Waals surface area (Å²) in [7, 11) is 0. The Morgan fingerprint density at radius 3 is 1.88 bits per heavy atom. The molecule has 0 heterocycles. The highest BCUT2D eigenvalue weighted by Crippen LogP contribution is 2.12. The Kier molecular flexibility index (Phi) is 16.0. The van der Waals surface area contributed by atoms with Crippen LogP contribution in [0.3, 0.4) is 0 Å². The zero-order chi connectivity index (χ0) is 19.8. The molecule has 0 aliphatic carbocycles. The molecule has 0 saturated carbocycles. The first-order chi connectivity index (χ1) is 12.5. The molecule has 0 bridgehead atoms. The summed E-state index contributed by atoms with van der Waals surface area (Å²) < 4.78 is 0. The van der Waals surface area contributed by atoms with Gasteiger partial charge in [0.25, 0.3) is 0 Å². The fraction of sp³-hybridized carbons (Fsp3) is 0.950. The lowest BCUT2D eigenvalue weighted by atomic mass is 10.0. The maximum Gasteiger partial charge on any atom is 0.249 e. The summed E-state index contributed by atoms with van der Waals surface area (Å²) >= 11 is 0. The molecular weight excluding hydrogens is 334 g/mol. The van der Waals surface area contributed by atoms with Gasteiger partial charge in [0.15, 0.2) is 0 Å². The molecule has 0 aliphatic heterocycles. The number of hydrogen-bond acceptors (Lipinski definition) is 5. The van der Waals surface area contributed by atoms with E-state index in [0.717, 1.165) is 32.1 Å². The summed E-state index contributed by atoms with van der Waals surface area (Å²) in [4.78, 5) is 12.0. The Balaban J connectivity index is 4.02. The minimum Gasteiger partial charge on any atom is -0.394 e. The molecule has 5 N–H and O–H groups in total. The molecule has 0 radical (unpaired) electrons. The van der Waals surface area contributed by atoms with E-state index in [9.17, 15) is 25.2 Å². The predicted octanol–water partition coefficient (Wildman–Crippen LogP) is 2.27. The Morgan fingerprint density at radius 1 is 0.808 bits per heavy atom. The summed E-state index contributed by atoms with van der Waals surface area (Å²) in [6.07, 6.45) is 8.12. The standard InChI is InChI=1S/C20H41NO5/c1-3-5-7-8-9-10-11-12-14-18(24)20(26)21-16(15-22)19(25)17(23)13-6-4-2/h16-19,22-25H,3-15H2,1-2H3,(H,21,26). The van der Waals surface area contributed by atoms with Gasteiger partial charge in [-0.25, -0.2) is 0 Å². The van der Waals surface area contributed by atoms with Crippen molar-refractivity contribution in [1.82, 2.24) is 5.32 Å². The highest BCUT2D eigenvalue weighted by molar-refractivity contribution is 5.80. The lowest BCUT2D eigenvalue weighted by Gasteiger charge is -2.27. The second kappa shape index (κ2) is 16.5. The van der Waals surface area contributed by atoms with Crippen LogP contribution in [0.15, 0.2) is 0 Å². The van der Waals surface area contributed by atoms with Crippen molar-refractivity contribution in [1.29, 1.82) is 0 Å². The van der Waals surface area contributed by atoms with Crippen LogP contribution in [0.25, 0.3) is 0 Å². The molecule has 0 rings (SSSR count). The third-order valence-electron chi connectivity index (χ3n) is 4.82. The number of hydrogen-bond donors (Lipinski definition) is 5. The largest absolute Gasteiger partial charge is 0.394 e.